The molecule has 0 saturated carbocycles. The lowest BCUT2D eigenvalue weighted by molar-refractivity contribution is 1.29. The Hall–Kier alpha value is -3.00. The molecule has 1 nitrogen and oxygen atoms in total. The first kappa shape index (κ1) is 14.6. The highest BCUT2D eigenvalue weighted by Gasteiger charge is 2.17. The van der Waals surface area contributed by atoms with Crippen molar-refractivity contribution in [3.63, 3.8) is 0 Å². The maximum Gasteiger partial charge on any atom is 0.196 e. The summed E-state index contributed by atoms with van der Waals surface area (Å²) in [5.74, 6) is 0. The highest BCUT2D eigenvalue weighted by molar-refractivity contribution is 6.79. The van der Waals surface area contributed by atoms with Crippen molar-refractivity contribution in [1.29, 1.82) is 0 Å². The van der Waals surface area contributed by atoms with Gasteiger partial charge >= 0.3 is 0 Å². The molecule has 0 atom stereocenters. The van der Waals surface area contributed by atoms with Crippen LogP contribution in [0.25, 0.3) is 10.9 Å². The van der Waals surface area contributed by atoms with Crippen LogP contribution in [-0.2, 0) is 0 Å². The lowest BCUT2D eigenvalue weighted by Gasteiger charge is -2.25. The molecule has 1 radical (unpaired) electrons. The first-order chi connectivity index (χ1) is 11.9. The van der Waals surface area contributed by atoms with Gasteiger partial charge in [-0.15, -0.1) is 0 Å². The van der Waals surface area contributed by atoms with Gasteiger partial charge in [-0.05, 0) is 23.3 Å². The van der Waals surface area contributed by atoms with Crippen LogP contribution in [0.5, 0.6) is 0 Å². The number of benzene rings is 3. The molecule has 3 aromatic rings. The Morgan fingerprint density at radius 2 is 0.917 bits per heavy atom. The number of para-hydroxylation sites is 1. The standard InChI is InChI=1S/C22H17BN/c1-4-10-18(11-5-1)21-16-24(20-14-8-3-9-15-20)17-22(23-21)19-12-6-2-7-13-19/h1-17H. The Kier molecular flexibility index (Phi) is 4.03. The van der Waals surface area contributed by atoms with Crippen molar-refractivity contribution >= 4 is 23.9 Å². The van der Waals surface area contributed by atoms with Crippen molar-refractivity contribution in [3.05, 3.63) is 115 Å². The number of hydrogen-bond donors (Lipinski definition) is 0. The van der Waals surface area contributed by atoms with E-state index in [1.807, 2.05) is 6.07 Å². The molecule has 3 aromatic carbocycles. The third kappa shape index (κ3) is 3.04. The fourth-order valence-corrected chi connectivity index (χ4v) is 2.91. The van der Waals surface area contributed by atoms with Gasteiger partial charge in [-0.3, -0.25) is 0 Å². The van der Waals surface area contributed by atoms with Gasteiger partial charge < -0.3 is 4.90 Å². The molecular weight excluding hydrogens is 289 g/mol. The predicted octanol–water partition coefficient (Wildman–Crippen LogP) is 5.21. The summed E-state index contributed by atoms with van der Waals surface area (Å²) in [6.45, 7) is 0. The maximum absolute atomic E-state index is 2.25. The molecule has 2 heteroatoms. The van der Waals surface area contributed by atoms with E-state index < -0.39 is 0 Å². The van der Waals surface area contributed by atoms with E-state index in [0.29, 0.717) is 0 Å². The Morgan fingerprint density at radius 1 is 0.500 bits per heavy atom. The molecule has 0 bridgehead atoms. The lowest BCUT2D eigenvalue weighted by atomic mass is 9.58. The van der Waals surface area contributed by atoms with E-state index in [4.69, 9.17) is 0 Å². The van der Waals surface area contributed by atoms with Gasteiger partial charge in [0.25, 0.3) is 0 Å². The Morgan fingerprint density at radius 3 is 1.38 bits per heavy atom. The molecule has 1 aliphatic heterocycles. The molecule has 0 aromatic heterocycles. The van der Waals surface area contributed by atoms with E-state index in [2.05, 4.69) is 110 Å². The average Bonchev–Trinajstić information content (AvgIpc) is 2.70. The zero-order valence-electron chi connectivity index (χ0n) is 13.3. The molecule has 113 valence electrons. The Bertz CT molecular complexity index is 812. The molecular formula is C22H17BN. The van der Waals surface area contributed by atoms with E-state index in [1.165, 1.54) is 22.1 Å². The second kappa shape index (κ2) is 6.63. The number of rotatable bonds is 3. The number of anilines is 1. The molecule has 0 aliphatic carbocycles. The molecule has 24 heavy (non-hydrogen) atoms. The normalized spacial score (nSPS) is 13.8. The van der Waals surface area contributed by atoms with E-state index in [9.17, 15) is 0 Å². The molecule has 0 saturated heterocycles. The largest absolute Gasteiger partial charge is 0.325 e. The van der Waals surface area contributed by atoms with Crippen molar-refractivity contribution in [1.82, 2.24) is 0 Å². The fraction of sp³-hybridized carbons (Fsp3) is 0. The smallest absolute Gasteiger partial charge is 0.196 e. The quantitative estimate of drug-likeness (QED) is 0.601. The van der Waals surface area contributed by atoms with E-state index in [-0.39, 0.29) is 0 Å². The minimum atomic E-state index is 1.16. The van der Waals surface area contributed by atoms with Crippen molar-refractivity contribution in [2.24, 2.45) is 0 Å². The van der Waals surface area contributed by atoms with Crippen molar-refractivity contribution < 1.29 is 0 Å². The van der Waals surface area contributed by atoms with Crippen LogP contribution < -0.4 is 4.90 Å². The predicted molar refractivity (Wildman–Crippen MR) is 104 cm³/mol. The Labute approximate surface area is 143 Å². The average molecular weight is 306 g/mol. The first-order valence-corrected chi connectivity index (χ1v) is 8.13. The third-order valence-electron chi connectivity index (χ3n) is 4.14. The molecule has 0 amide bonds. The summed E-state index contributed by atoms with van der Waals surface area (Å²) in [5, 5.41) is 0. The van der Waals surface area contributed by atoms with Gasteiger partial charge in [0.05, 0.1) is 0 Å². The van der Waals surface area contributed by atoms with Crippen LogP contribution in [0, 0.1) is 0 Å². The van der Waals surface area contributed by atoms with Crippen LogP contribution in [0.2, 0.25) is 0 Å². The molecule has 0 spiro atoms. The number of hydrogen-bond acceptors (Lipinski definition) is 1. The van der Waals surface area contributed by atoms with Gasteiger partial charge in [-0.25, -0.2) is 0 Å². The SMILES string of the molecule is [B]1C(c2ccccc2)=CN(c2ccccc2)C=C1c1ccccc1. The summed E-state index contributed by atoms with van der Waals surface area (Å²) >= 11 is 0. The minimum absolute atomic E-state index is 1.16. The maximum atomic E-state index is 2.25. The zero-order chi connectivity index (χ0) is 16.2. The monoisotopic (exact) mass is 306 g/mol. The molecule has 1 heterocycles. The van der Waals surface area contributed by atoms with Crippen LogP contribution in [0.15, 0.2) is 103 Å². The van der Waals surface area contributed by atoms with E-state index >= 15 is 0 Å². The van der Waals surface area contributed by atoms with Gasteiger partial charge in [0.15, 0.2) is 7.28 Å². The van der Waals surface area contributed by atoms with Crippen LogP contribution >= 0.6 is 0 Å². The summed E-state index contributed by atoms with van der Waals surface area (Å²) in [6.07, 6.45) is 4.38. The molecule has 0 N–H and O–H groups in total. The third-order valence-corrected chi connectivity index (χ3v) is 4.14. The van der Waals surface area contributed by atoms with Crippen molar-refractivity contribution in [2.75, 3.05) is 4.90 Å². The van der Waals surface area contributed by atoms with Crippen LogP contribution in [-0.4, -0.2) is 7.28 Å². The summed E-state index contributed by atoms with van der Waals surface area (Å²) < 4.78 is 0. The van der Waals surface area contributed by atoms with Gasteiger partial charge in [-0.1, -0.05) is 89.8 Å². The highest BCUT2D eigenvalue weighted by Crippen LogP contribution is 2.29. The van der Waals surface area contributed by atoms with Gasteiger partial charge in [0.2, 0.25) is 0 Å². The van der Waals surface area contributed by atoms with Crippen molar-refractivity contribution in [2.45, 2.75) is 0 Å². The second-order valence-corrected chi connectivity index (χ2v) is 5.79. The molecule has 4 rings (SSSR count). The first-order valence-electron chi connectivity index (χ1n) is 8.13. The minimum Gasteiger partial charge on any atom is -0.325 e. The molecule has 0 unspecified atom stereocenters. The van der Waals surface area contributed by atoms with Gasteiger partial charge in [0.1, 0.15) is 0 Å². The van der Waals surface area contributed by atoms with E-state index in [0.717, 1.165) is 5.69 Å². The molecule has 1 aliphatic rings. The van der Waals surface area contributed by atoms with E-state index in [1.54, 1.807) is 0 Å². The molecule has 0 fully saturated rings. The van der Waals surface area contributed by atoms with Crippen LogP contribution in [0.4, 0.5) is 5.69 Å². The van der Waals surface area contributed by atoms with Crippen molar-refractivity contribution in [3.8, 4) is 0 Å². The summed E-state index contributed by atoms with van der Waals surface area (Å²) in [5.41, 5.74) is 6.02. The zero-order valence-corrected chi connectivity index (χ0v) is 13.3. The van der Waals surface area contributed by atoms with Gasteiger partial charge in [0, 0.05) is 18.1 Å². The van der Waals surface area contributed by atoms with Gasteiger partial charge in [-0.2, -0.15) is 0 Å². The fourth-order valence-electron chi connectivity index (χ4n) is 2.91. The van der Waals surface area contributed by atoms with Crippen LogP contribution in [0.3, 0.4) is 0 Å². The topological polar surface area (TPSA) is 3.24 Å². The lowest BCUT2D eigenvalue weighted by Crippen LogP contribution is -2.18. The summed E-state index contributed by atoms with van der Waals surface area (Å²) in [7, 11) is 2.25. The number of nitrogens with zero attached hydrogens (tertiary/aromatic N) is 1. The highest BCUT2D eigenvalue weighted by atomic mass is 15.1. The summed E-state index contributed by atoms with van der Waals surface area (Å²) in [6, 6.07) is 31.5. The Balaban J connectivity index is 1.78. The van der Waals surface area contributed by atoms with Crippen LogP contribution in [0.1, 0.15) is 11.1 Å². The second-order valence-electron chi connectivity index (χ2n) is 5.79. The summed E-state index contributed by atoms with van der Waals surface area (Å²) in [4.78, 5) is 2.20.